The molecule has 3 N–H and O–H groups in total. The number of alkyl halides is 3. The van der Waals surface area contributed by atoms with Crippen molar-refractivity contribution in [3.63, 3.8) is 0 Å². The summed E-state index contributed by atoms with van der Waals surface area (Å²) in [7, 11) is -5.24. The maximum atomic E-state index is 12.7. The second-order valence-electron chi connectivity index (χ2n) is 7.90. The molecule has 1 fully saturated rings. The first kappa shape index (κ1) is 29.7. The summed E-state index contributed by atoms with van der Waals surface area (Å²) < 4.78 is 61.5. The first-order chi connectivity index (χ1) is 13.5. The predicted molar refractivity (Wildman–Crippen MR) is 123 cm³/mol. The zero-order valence-corrected chi connectivity index (χ0v) is 21.1. The lowest BCUT2D eigenvalue weighted by atomic mass is 9.94. The van der Waals surface area contributed by atoms with Crippen molar-refractivity contribution in [2.24, 2.45) is 22.7 Å². The highest BCUT2D eigenvalue weighted by Crippen LogP contribution is 2.30. The minimum absolute atomic E-state index is 0. The Labute approximate surface area is 195 Å². The van der Waals surface area contributed by atoms with Crippen LogP contribution in [-0.2, 0) is 10.0 Å². The molecule has 0 bridgehead atoms. The Morgan fingerprint density at radius 2 is 1.83 bits per heavy atom. The van der Waals surface area contributed by atoms with Crippen molar-refractivity contribution in [3.05, 3.63) is 0 Å². The number of sulfonamides is 1. The van der Waals surface area contributed by atoms with Crippen molar-refractivity contribution in [2.45, 2.75) is 52.0 Å². The number of nitrogens with zero attached hydrogens (tertiary/aromatic N) is 2. The SMILES string of the molecule is CCNC(=NCC(CCO)CC(C)C)NCC1CCN(S(=O)(=O)C(F)(F)F)CC1.I. The Morgan fingerprint density at radius 1 is 1.23 bits per heavy atom. The van der Waals surface area contributed by atoms with Crippen LogP contribution in [0.15, 0.2) is 4.99 Å². The molecule has 1 aliphatic rings. The van der Waals surface area contributed by atoms with E-state index in [2.05, 4.69) is 29.5 Å². The largest absolute Gasteiger partial charge is 0.511 e. The van der Waals surface area contributed by atoms with Crippen LogP contribution >= 0.6 is 24.0 Å². The summed E-state index contributed by atoms with van der Waals surface area (Å²) in [6, 6.07) is 0. The first-order valence-corrected chi connectivity index (χ1v) is 11.6. The number of aliphatic hydroxyl groups excluding tert-OH is 1. The molecule has 0 aliphatic carbocycles. The van der Waals surface area contributed by atoms with E-state index >= 15 is 0 Å². The highest BCUT2D eigenvalue weighted by atomic mass is 127. The number of nitrogens with one attached hydrogen (secondary N) is 2. The topological polar surface area (TPSA) is 94.0 Å². The summed E-state index contributed by atoms with van der Waals surface area (Å²) >= 11 is 0. The molecule has 0 amide bonds. The summed E-state index contributed by atoms with van der Waals surface area (Å²) in [6.45, 7) is 7.82. The minimum Gasteiger partial charge on any atom is -0.396 e. The zero-order valence-electron chi connectivity index (χ0n) is 17.9. The molecule has 0 spiro atoms. The maximum Gasteiger partial charge on any atom is 0.511 e. The molecule has 1 aliphatic heterocycles. The zero-order chi connectivity index (χ0) is 22.1. The third-order valence-electron chi connectivity index (χ3n) is 4.96. The van der Waals surface area contributed by atoms with Gasteiger partial charge in [0.05, 0.1) is 0 Å². The van der Waals surface area contributed by atoms with E-state index in [0.717, 1.165) is 6.42 Å². The number of piperidine rings is 1. The van der Waals surface area contributed by atoms with Crippen LogP contribution in [0.4, 0.5) is 13.2 Å². The van der Waals surface area contributed by atoms with Crippen molar-refractivity contribution in [2.75, 3.05) is 39.3 Å². The number of guanidine groups is 1. The van der Waals surface area contributed by atoms with E-state index < -0.39 is 15.5 Å². The van der Waals surface area contributed by atoms with Gasteiger partial charge in [-0.3, -0.25) is 4.99 Å². The van der Waals surface area contributed by atoms with Crippen LogP contribution < -0.4 is 10.6 Å². The van der Waals surface area contributed by atoms with Crippen LogP contribution in [0.1, 0.15) is 46.5 Å². The van der Waals surface area contributed by atoms with Gasteiger partial charge < -0.3 is 15.7 Å². The van der Waals surface area contributed by atoms with Crippen molar-refractivity contribution < 1.29 is 26.7 Å². The lowest BCUT2D eigenvalue weighted by Crippen LogP contribution is -2.47. The molecule has 0 aromatic carbocycles. The van der Waals surface area contributed by atoms with E-state index in [0.29, 0.717) is 55.1 Å². The lowest BCUT2D eigenvalue weighted by molar-refractivity contribution is -0.0496. The second-order valence-corrected chi connectivity index (χ2v) is 9.83. The Bertz CT molecular complexity index is 610. The number of hydrogen-bond acceptors (Lipinski definition) is 4. The number of rotatable bonds is 10. The Hall–Kier alpha value is -0.340. The molecule has 7 nitrogen and oxygen atoms in total. The monoisotopic (exact) mass is 572 g/mol. The Morgan fingerprint density at radius 3 is 2.30 bits per heavy atom. The molecule has 0 aromatic rings. The van der Waals surface area contributed by atoms with E-state index in [1.807, 2.05) is 6.92 Å². The fraction of sp³-hybridized carbons (Fsp3) is 0.944. The number of halogens is 4. The summed E-state index contributed by atoms with van der Waals surface area (Å²) in [5.74, 6) is 1.49. The second kappa shape index (κ2) is 13.9. The molecule has 1 atom stereocenters. The molecule has 1 saturated heterocycles. The quantitative estimate of drug-likeness (QED) is 0.213. The minimum atomic E-state index is -5.25. The van der Waals surface area contributed by atoms with Gasteiger partial charge in [-0.2, -0.15) is 17.5 Å². The Kier molecular flexibility index (Phi) is 13.8. The van der Waals surface area contributed by atoms with Crippen molar-refractivity contribution in [1.29, 1.82) is 0 Å². The molecule has 1 rings (SSSR count). The molecule has 30 heavy (non-hydrogen) atoms. The number of aliphatic hydroxyl groups is 1. The third-order valence-corrected chi connectivity index (χ3v) is 6.59. The van der Waals surface area contributed by atoms with E-state index in [-0.39, 0.29) is 55.5 Å². The van der Waals surface area contributed by atoms with E-state index in [1.165, 1.54) is 0 Å². The highest BCUT2D eigenvalue weighted by molar-refractivity contribution is 14.0. The fourth-order valence-electron chi connectivity index (χ4n) is 3.44. The summed E-state index contributed by atoms with van der Waals surface area (Å²) in [5.41, 5.74) is -5.25. The number of aliphatic imine (C=N–C) groups is 1. The van der Waals surface area contributed by atoms with Gasteiger partial charge in [0.15, 0.2) is 5.96 Å². The summed E-state index contributed by atoms with van der Waals surface area (Å²) in [4.78, 5) is 4.58. The summed E-state index contributed by atoms with van der Waals surface area (Å²) in [6.07, 6.45) is 2.38. The third kappa shape index (κ3) is 9.86. The first-order valence-electron chi connectivity index (χ1n) is 10.2. The molecule has 180 valence electrons. The van der Waals surface area contributed by atoms with Gasteiger partial charge in [-0.05, 0) is 50.4 Å². The smallest absolute Gasteiger partial charge is 0.396 e. The normalized spacial score (nSPS) is 18.2. The summed E-state index contributed by atoms with van der Waals surface area (Å²) in [5, 5.41) is 15.6. The van der Waals surface area contributed by atoms with Crippen LogP contribution in [0.5, 0.6) is 0 Å². The fourth-order valence-corrected chi connectivity index (χ4v) is 4.42. The van der Waals surface area contributed by atoms with E-state index in [4.69, 9.17) is 0 Å². The van der Waals surface area contributed by atoms with Gasteiger partial charge in [0.1, 0.15) is 0 Å². The van der Waals surface area contributed by atoms with Crippen LogP contribution in [-0.4, -0.2) is 68.6 Å². The standard InChI is InChI=1S/C18H35F3N4O3S.HI/c1-4-22-17(24-13-16(7-10-26)11-14(2)3)23-12-15-5-8-25(9-6-15)29(27,28)18(19,20)21;/h14-16,26H,4-13H2,1-3H3,(H2,22,23,24);1H. The van der Waals surface area contributed by atoms with Gasteiger partial charge in [0, 0.05) is 39.3 Å². The van der Waals surface area contributed by atoms with Crippen LogP contribution in [0, 0.1) is 17.8 Å². The number of hydrogen-bond donors (Lipinski definition) is 3. The molecule has 1 heterocycles. The maximum absolute atomic E-state index is 12.7. The van der Waals surface area contributed by atoms with Gasteiger partial charge in [-0.1, -0.05) is 13.8 Å². The van der Waals surface area contributed by atoms with Crippen LogP contribution in [0.2, 0.25) is 0 Å². The van der Waals surface area contributed by atoms with Crippen molar-refractivity contribution >= 4 is 40.0 Å². The van der Waals surface area contributed by atoms with Gasteiger partial charge in [-0.25, -0.2) is 8.42 Å². The van der Waals surface area contributed by atoms with Gasteiger partial charge >= 0.3 is 15.5 Å². The molecule has 0 saturated carbocycles. The molecule has 12 heteroatoms. The van der Waals surface area contributed by atoms with E-state index in [9.17, 15) is 26.7 Å². The van der Waals surface area contributed by atoms with Gasteiger partial charge in [-0.15, -0.1) is 24.0 Å². The van der Waals surface area contributed by atoms with Gasteiger partial charge in [0.2, 0.25) is 0 Å². The predicted octanol–water partition coefficient (Wildman–Crippen LogP) is 2.77. The molecule has 0 aromatic heterocycles. The average Bonchev–Trinajstić information content (AvgIpc) is 2.63. The van der Waals surface area contributed by atoms with Crippen LogP contribution in [0.25, 0.3) is 0 Å². The van der Waals surface area contributed by atoms with E-state index in [1.54, 1.807) is 0 Å². The highest BCUT2D eigenvalue weighted by Gasteiger charge is 2.50. The molecule has 1 unspecified atom stereocenters. The molecular weight excluding hydrogens is 536 g/mol. The average molecular weight is 572 g/mol. The van der Waals surface area contributed by atoms with Crippen molar-refractivity contribution in [1.82, 2.24) is 14.9 Å². The van der Waals surface area contributed by atoms with Crippen molar-refractivity contribution in [3.8, 4) is 0 Å². The molecule has 0 radical (unpaired) electrons. The Balaban J connectivity index is 0.00000841. The lowest BCUT2D eigenvalue weighted by Gasteiger charge is -2.31. The van der Waals surface area contributed by atoms with Crippen LogP contribution in [0.3, 0.4) is 0 Å². The molecular formula is C18H36F3IN4O3S. The van der Waals surface area contributed by atoms with Gasteiger partial charge in [0.25, 0.3) is 0 Å².